The van der Waals surface area contributed by atoms with Gasteiger partial charge in [-0.05, 0) is 23.5 Å². The van der Waals surface area contributed by atoms with Crippen molar-refractivity contribution >= 4 is 21.4 Å². The molecule has 3 rings (SSSR count). The quantitative estimate of drug-likeness (QED) is 0.601. The molecule has 0 atom stereocenters. The first-order valence-electron chi connectivity index (χ1n) is 9.50. The summed E-state index contributed by atoms with van der Waals surface area (Å²) in [4.78, 5) is 3.95. The molecule has 0 aliphatic carbocycles. The smallest absolute Gasteiger partial charge is 0.0840 e. The van der Waals surface area contributed by atoms with Crippen LogP contribution in [0, 0.1) is 0 Å². The number of nitrogens with zero attached hydrogens (tertiary/aromatic N) is 1. The second-order valence-corrected chi connectivity index (χ2v) is 4.48. The van der Waals surface area contributed by atoms with Crippen molar-refractivity contribution in [1.82, 2.24) is 4.98 Å². The van der Waals surface area contributed by atoms with E-state index in [-0.39, 0.29) is 41.9 Å². The van der Waals surface area contributed by atoms with Crippen molar-refractivity contribution < 1.29 is 11.0 Å². The lowest BCUT2D eigenvalue weighted by atomic mass is 10.2. The summed E-state index contributed by atoms with van der Waals surface area (Å²) in [5.74, 6) is 0. The Hall–Kier alpha value is -2.19. The molecular formula is C17H13NS. The van der Waals surface area contributed by atoms with Crippen LogP contribution in [0.4, 0.5) is 0 Å². The highest BCUT2D eigenvalue weighted by Crippen LogP contribution is 2.20. The van der Waals surface area contributed by atoms with E-state index in [1.165, 1.54) is 0 Å². The fourth-order valence-electron chi connectivity index (χ4n) is 1.50. The first-order valence-corrected chi connectivity index (χ1v) is 6.38. The van der Waals surface area contributed by atoms with Crippen LogP contribution in [0.25, 0.3) is 21.3 Å². The van der Waals surface area contributed by atoms with E-state index in [1.54, 1.807) is 29.6 Å². The zero-order chi connectivity index (χ0) is 19.9. The summed E-state index contributed by atoms with van der Waals surface area (Å²) < 4.78 is 63.4. The van der Waals surface area contributed by atoms with Crippen LogP contribution >= 0.6 is 11.3 Å². The summed E-state index contributed by atoms with van der Waals surface area (Å²) in [6.45, 7) is 0. The van der Waals surface area contributed by atoms with Crippen LogP contribution in [-0.4, -0.2) is 4.98 Å². The highest BCUT2D eigenvalue weighted by atomic mass is 32.1. The molecule has 92 valence electrons. The molecule has 0 saturated carbocycles. The van der Waals surface area contributed by atoms with Gasteiger partial charge in [-0.2, -0.15) is 0 Å². The number of hydrogen-bond acceptors (Lipinski definition) is 2. The maximum atomic E-state index is 8.13. The molecule has 0 saturated heterocycles. The van der Waals surface area contributed by atoms with E-state index in [0.717, 1.165) is 11.3 Å². The van der Waals surface area contributed by atoms with Gasteiger partial charge in [0.05, 0.1) is 16.7 Å². The number of aromatic nitrogens is 1. The predicted molar refractivity (Wildman–Crippen MR) is 82.7 cm³/mol. The molecule has 0 aliphatic heterocycles. The lowest BCUT2D eigenvalue weighted by Gasteiger charge is -1.96. The summed E-state index contributed by atoms with van der Waals surface area (Å²) in [5.41, 5.74) is 0.486. The maximum absolute atomic E-state index is 8.13. The maximum Gasteiger partial charge on any atom is 0.0840 e. The van der Waals surface area contributed by atoms with Gasteiger partial charge in [0.2, 0.25) is 0 Å². The lowest BCUT2D eigenvalue weighted by molar-refractivity contribution is 1.33. The summed E-state index contributed by atoms with van der Waals surface area (Å²) >= 11 is 1.06. The highest BCUT2D eigenvalue weighted by Gasteiger charge is 1.95. The van der Waals surface area contributed by atoms with Gasteiger partial charge >= 0.3 is 0 Å². The molecule has 2 heteroatoms. The molecule has 2 aromatic heterocycles. The molecule has 0 fully saturated rings. The number of hydrogen-bond donors (Lipinski definition) is 0. The monoisotopic (exact) mass is 271 g/mol. The lowest BCUT2D eigenvalue weighted by Crippen LogP contribution is -1.77. The first-order chi connectivity index (χ1) is 12.7. The van der Waals surface area contributed by atoms with Crippen LogP contribution in [0.2, 0.25) is 0 Å². The van der Waals surface area contributed by atoms with E-state index in [1.807, 2.05) is 0 Å². The standard InChI is InChI=1S/C17H13NS/c1-2-9-15(16-10-5-6-12-18-16)13-19-17-11-4-3-8-14(17)7-1/h1-13H/i3D,4D,5D,6D,8D,10D,11D,12D. The third-order valence-electron chi connectivity index (χ3n) is 2.37. The molecule has 0 N–H and O–H groups in total. The van der Waals surface area contributed by atoms with Crippen LogP contribution in [0.1, 0.15) is 11.0 Å². The Bertz CT molecular complexity index is 1120. The summed E-state index contributed by atoms with van der Waals surface area (Å²) in [7, 11) is 0. The SMILES string of the molecule is [2H]c1nc(-c2ccccc3c([2H])c([2H])c([2H])c([2H])c3sc2)c([2H])c([2H])c1[2H]. The van der Waals surface area contributed by atoms with Crippen molar-refractivity contribution in [3.63, 3.8) is 0 Å². The Kier molecular flexibility index (Phi) is 1.73. The number of pyridine rings is 1. The summed E-state index contributed by atoms with van der Waals surface area (Å²) in [6, 6.07) is 4.43. The minimum Gasteiger partial charge on any atom is -0.256 e. The van der Waals surface area contributed by atoms with Crippen molar-refractivity contribution in [1.29, 1.82) is 0 Å². The number of benzene rings is 1. The van der Waals surface area contributed by atoms with Crippen LogP contribution in [0.15, 0.2) is 78.1 Å². The van der Waals surface area contributed by atoms with Crippen molar-refractivity contribution in [2.75, 3.05) is 0 Å². The van der Waals surface area contributed by atoms with Crippen molar-refractivity contribution in [2.24, 2.45) is 0 Å². The summed E-state index contributed by atoms with van der Waals surface area (Å²) in [6.07, 6.45) is -0.400. The van der Waals surface area contributed by atoms with Crippen LogP contribution in [-0.2, 0) is 0 Å². The summed E-state index contributed by atoms with van der Waals surface area (Å²) in [5, 5.41) is 1.93. The fraction of sp³-hybridized carbons (Fsp3) is 0. The van der Waals surface area contributed by atoms with Gasteiger partial charge in [0.15, 0.2) is 0 Å². The predicted octanol–water partition coefficient (Wildman–Crippen LogP) is 5.09. The molecule has 2 heterocycles. The largest absolute Gasteiger partial charge is 0.256 e. The normalized spacial score (nSPS) is 16.0. The van der Waals surface area contributed by atoms with E-state index in [2.05, 4.69) is 4.98 Å². The second-order valence-electron chi connectivity index (χ2n) is 3.60. The van der Waals surface area contributed by atoms with Gasteiger partial charge in [0, 0.05) is 21.8 Å². The number of rotatable bonds is 1. The van der Waals surface area contributed by atoms with E-state index >= 15 is 0 Å². The average Bonchev–Trinajstić information content (AvgIpc) is 2.76. The van der Waals surface area contributed by atoms with Gasteiger partial charge in [-0.3, -0.25) is 4.98 Å². The molecule has 0 amide bonds. The van der Waals surface area contributed by atoms with Gasteiger partial charge in [-0.1, -0.05) is 48.4 Å². The van der Waals surface area contributed by atoms with Gasteiger partial charge in [0.1, 0.15) is 0 Å². The van der Waals surface area contributed by atoms with Gasteiger partial charge < -0.3 is 0 Å². The van der Waals surface area contributed by atoms with Crippen molar-refractivity contribution in [3.05, 3.63) is 78.1 Å². The van der Waals surface area contributed by atoms with Crippen LogP contribution < -0.4 is 0 Å². The topological polar surface area (TPSA) is 12.9 Å². The van der Waals surface area contributed by atoms with Crippen LogP contribution in [0.3, 0.4) is 0 Å². The Morgan fingerprint density at radius 2 is 1.79 bits per heavy atom. The Morgan fingerprint density at radius 1 is 0.947 bits per heavy atom. The third kappa shape index (κ3) is 2.80. The molecule has 0 radical (unpaired) electrons. The second kappa shape index (κ2) is 5.63. The molecule has 19 heavy (non-hydrogen) atoms. The molecule has 0 aliphatic rings. The Balaban J connectivity index is 2.39. The molecular weight excluding hydrogens is 250 g/mol. The minimum atomic E-state index is -0.414. The van der Waals surface area contributed by atoms with E-state index in [0.29, 0.717) is 15.6 Å². The average molecular weight is 271 g/mol. The zero-order valence-corrected chi connectivity index (χ0v) is 10.6. The van der Waals surface area contributed by atoms with Crippen LogP contribution in [0.5, 0.6) is 0 Å². The molecule has 0 bridgehead atoms. The van der Waals surface area contributed by atoms with Crippen molar-refractivity contribution in [3.8, 4) is 11.3 Å². The van der Waals surface area contributed by atoms with Gasteiger partial charge in [0.25, 0.3) is 0 Å². The van der Waals surface area contributed by atoms with Crippen molar-refractivity contribution in [2.45, 2.75) is 0 Å². The van der Waals surface area contributed by atoms with Gasteiger partial charge in [-0.25, -0.2) is 0 Å². The first kappa shape index (κ1) is 5.85. The van der Waals surface area contributed by atoms with E-state index in [4.69, 9.17) is 11.0 Å². The highest BCUT2D eigenvalue weighted by molar-refractivity contribution is 7.16. The molecule has 0 spiro atoms. The molecule has 3 aromatic rings. The third-order valence-corrected chi connectivity index (χ3v) is 3.30. The van der Waals surface area contributed by atoms with Gasteiger partial charge in [-0.15, -0.1) is 11.3 Å². The Morgan fingerprint density at radius 3 is 2.79 bits per heavy atom. The number of fused-ring (bicyclic) bond motifs is 1. The molecule has 1 nitrogen and oxygen atoms in total. The van der Waals surface area contributed by atoms with E-state index in [9.17, 15) is 0 Å². The Labute approximate surface area is 127 Å². The molecule has 0 unspecified atom stereocenters. The molecule has 1 aromatic carbocycles. The van der Waals surface area contributed by atoms with E-state index < -0.39 is 12.2 Å². The fourth-order valence-corrected chi connectivity index (χ4v) is 2.29. The minimum absolute atomic E-state index is 0.0717. The zero-order valence-electron chi connectivity index (χ0n) is 17.7.